The Morgan fingerprint density at radius 1 is 1.38 bits per heavy atom. The van der Waals surface area contributed by atoms with Gasteiger partial charge < -0.3 is 15.2 Å². The summed E-state index contributed by atoms with van der Waals surface area (Å²) in [7, 11) is 1.15. The summed E-state index contributed by atoms with van der Waals surface area (Å²) in [6.07, 6.45) is -0.422. The van der Waals surface area contributed by atoms with Crippen LogP contribution in [0.25, 0.3) is 0 Å². The van der Waals surface area contributed by atoms with Crippen molar-refractivity contribution in [1.82, 2.24) is 5.32 Å². The van der Waals surface area contributed by atoms with E-state index < -0.39 is 30.3 Å². The molecule has 0 spiro atoms. The van der Waals surface area contributed by atoms with E-state index in [1.54, 1.807) is 24.3 Å². The number of carbonyl (C=O) groups is 3. The molecule has 8 heteroatoms. The third-order valence-electron chi connectivity index (χ3n) is 2.43. The van der Waals surface area contributed by atoms with Crippen LogP contribution in [0.5, 0.6) is 0 Å². The van der Waals surface area contributed by atoms with Crippen LogP contribution in [0.3, 0.4) is 0 Å². The first-order valence-corrected chi connectivity index (χ1v) is 7.26. The van der Waals surface area contributed by atoms with Gasteiger partial charge in [-0.3, -0.25) is 9.59 Å². The van der Waals surface area contributed by atoms with Gasteiger partial charge in [0, 0.05) is 4.90 Å². The molecule has 0 saturated carbocycles. The normalized spacial score (nSPS) is 11.5. The molecule has 0 saturated heterocycles. The molecule has 6 nitrogen and oxygen atoms in total. The molecule has 1 aromatic rings. The highest BCUT2D eigenvalue weighted by atomic mass is 35.5. The Morgan fingerprint density at radius 3 is 2.62 bits per heavy atom. The predicted molar refractivity (Wildman–Crippen MR) is 78.4 cm³/mol. The summed E-state index contributed by atoms with van der Waals surface area (Å²) < 4.78 is 4.38. The van der Waals surface area contributed by atoms with E-state index in [1.165, 1.54) is 11.8 Å². The Bertz CT molecular complexity index is 537. The van der Waals surface area contributed by atoms with Gasteiger partial charge in [-0.15, -0.1) is 11.8 Å². The Balaban J connectivity index is 2.53. The van der Waals surface area contributed by atoms with Crippen LogP contribution in [0.4, 0.5) is 0 Å². The van der Waals surface area contributed by atoms with Crippen LogP contribution in [0, 0.1) is 0 Å². The minimum Gasteiger partial charge on any atom is -0.480 e. The van der Waals surface area contributed by atoms with Gasteiger partial charge in [0.2, 0.25) is 5.91 Å². The Labute approximate surface area is 130 Å². The Kier molecular flexibility index (Phi) is 7.04. The molecule has 0 radical (unpaired) electrons. The van der Waals surface area contributed by atoms with Gasteiger partial charge in [-0.1, -0.05) is 23.7 Å². The third-order valence-corrected chi connectivity index (χ3v) is 3.94. The van der Waals surface area contributed by atoms with Gasteiger partial charge in [0.15, 0.2) is 0 Å². The molecule has 1 amide bonds. The number of aliphatic carboxylic acids is 1. The van der Waals surface area contributed by atoms with Gasteiger partial charge in [0.05, 0.1) is 24.3 Å². The van der Waals surface area contributed by atoms with Crippen LogP contribution in [0.1, 0.15) is 6.42 Å². The number of amides is 1. The molecule has 114 valence electrons. The van der Waals surface area contributed by atoms with Crippen molar-refractivity contribution in [3.05, 3.63) is 29.3 Å². The minimum absolute atomic E-state index is 0.00527. The molecule has 0 aliphatic rings. The lowest BCUT2D eigenvalue weighted by Crippen LogP contribution is -2.43. The summed E-state index contributed by atoms with van der Waals surface area (Å²) in [6.45, 7) is 0. The third kappa shape index (κ3) is 6.05. The van der Waals surface area contributed by atoms with Gasteiger partial charge in [0.25, 0.3) is 0 Å². The number of halogens is 1. The molecule has 0 unspecified atom stereocenters. The van der Waals surface area contributed by atoms with Gasteiger partial charge in [0.1, 0.15) is 6.04 Å². The molecule has 0 aromatic heterocycles. The fraction of sp³-hybridized carbons (Fsp3) is 0.308. The summed E-state index contributed by atoms with van der Waals surface area (Å²) in [6, 6.07) is 5.69. The summed E-state index contributed by atoms with van der Waals surface area (Å²) in [5.41, 5.74) is 0. The van der Waals surface area contributed by atoms with Crippen molar-refractivity contribution < 1.29 is 24.2 Å². The second kappa shape index (κ2) is 8.53. The van der Waals surface area contributed by atoms with Gasteiger partial charge in [-0.05, 0) is 12.1 Å². The molecule has 0 fully saturated rings. The standard InChI is InChI=1S/C13H14ClNO5S/c1-20-12(17)6-9(13(18)19)15-11(16)7-21-10-5-3-2-4-8(10)14/h2-5,9H,6-7H2,1H3,(H,15,16)(H,18,19)/t9-/m0/s1. The summed E-state index contributed by atoms with van der Waals surface area (Å²) >= 11 is 7.12. The number of methoxy groups -OCH3 is 1. The fourth-order valence-electron chi connectivity index (χ4n) is 1.39. The van der Waals surface area contributed by atoms with Crippen LogP contribution in [0.15, 0.2) is 29.2 Å². The van der Waals surface area contributed by atoms with Crippen LogP contribution in [0.2, 0.25) is 5.02 Å². The van der Waals surface area contributed by atoms with E-state index in [0.29, 0.717) is 9.92 Å². The monoisotopic (exact) mass is 331 g/mol. The van der Waals surface area contributed by atoms with E-state index in [9.17, 15) is 14.4 Å². The number of hydrogen-bond acceptors (Lipinski definition) is 5. The van der Waals surface area contributed by atoms with Crippen LogP contribution < -0.4 is 5.32 Å². The molecule has 1 rings (SSSR count). The SMILES string of the molecule is COC(=O)C[C@H](NC(=O)CSc1ccccc1Cl)C(=O)O. The molecule has 2 N–H and O–H groups in total. The zero-order valence-corrected chi connectivity index (χ0v) is 12.7. The zero-order valence-electron chi connectivity index (χ0n) is 11.2. The van der Waals surface area contributed by atoms with Crippen LogP contribution in [-0.4, -0.2) is 41.9 Å². The van der Waals surface area contributed by atoms with Gasteiger partial charge in [-0.2, -0.15) is 0 Å². The predicted octanol–water partition coefficient (Wildman–Crippen LogP) is 1.56. The fourth-order valence-corrected chi connectivity index (χ4v) is 2.44. The molecule has 1 aromatic carbocycles. The van der Waals surface area contributed by atoms with Crippen molar-refractivity contribution in [2.45, 2.75) is 17.4 Å². The Morgan fingerprint density at radius 2 is 2.05 bits per heavy atom. The van der Waals surface area contributed by atoms with E-state index >= 15 is 0 Å². The Hall–Kier alpha value is -1.73. The van der Waals surface area contributed by atoms with Crippen molar-refractivity contribution >= 4 is 41.2 Å². The molecule has 0 heterocycles. The summed E-state index contributed by atoms with van der Waals surface area (Å²) in [5, 5.41) is 11.7. The average Bonchev–Trinajstić information content (AvgIpc) is 2.45. The maximum absolute atomic E-state index is 11.7. The number of carboxylic acids is 1. The molecule has 0 bridgehead atoms. The summed E-state index contributed by atoms with van der Waals surface area (Å²) in [5.74, 6) is -2.51. The highest BCUT2D eigenvalue weighted by Crippen LogP contribution is 2.26. The maximum Gasteiger partial charge on any atom is 0.326 e. The molecular formula is C13H14ClNO5S. The van der Waals surface area contributed by atoms with Crippen molar-refractivity contribution in [1.29, 1.82) is 0 Å². The minimum atomic E-state index is -1.31. The van der Waals surface area contributed by atoms with Crippen molar-refractivity contribution in [2.75, 3.05) is 12.9 Å². The van der Waals surface area contributed by atoms with Gasteiger partial charge >= 0.3 is 11.9 Å². The first-order valence-electron chi connectivity index (χ1n) is 5.90. The number of hydrogen-bond donors (Lipinski definition) is 2. The topological polar surface area (TPSA) is 92.7 Å². The number of carboxylic acid groups (broad SMARTS) is 1. The van der Waals surface area contributed by atoms with Gasteiger partial charge in [-0.25, -0.2) is 4.79 Å². The molecule has 0 aliphatic heterocycles. The van der Waals surface area contributed by atoms with E-state index in [-0.39, 0.29) is 5.75 Å². The molecule has 21 heavy (non-hydrogen) atoms. The van der Waals surface area contributed by atoms with E-state index in [1.807, 2.05) is 0 Å². The van der Waals surface area contributed by atoms with Crippen molar-refractivity contribution in [2.24, 2.45) is 0 Å². The van der Waals surface area contributed by atoms with E-state index in [2.05, 4.69) is 10.1 Å². The van der Waals surface area contributed by atoms with Crippen LogP contribution >= 0.6 is 23.4 Å². The number of rotatable bonds is 7. The molecule has 1 atom stereocenters. The smallest absolute Gasteiger partial charge is 0.326 e. The highest BCUT2D eigenvalue weighted by Gasteiger charge is 2.23. The number of nitrogens with one attached hydrogen (secondary N) is 1. The molecule has 0 aliphatic carbocycles. The average molecular weight is 332 g/mol. The quantitative estimate of drug-likeness (QED) is 0.582. The summed E-state index contributed by atoms with van der Waals surface area (Å²) in [4.78, 5) is 34.5. The number of thioether (sulfide) groups is 1. The second-order valence-corrected chi connectivity index (χ2v) is 5.38. The number of esters is 1. The largest absolute Gasteiger partial charge is 0.480 e. The lowest BCUT2D eigenvalue weighted by molar-refractivity contribution is -0.148. The van der Waals surface area contributed by atoms with E-state index in [0.717, 1.165) is 7.11 Å². The van der Waals surface area contributed by atoms with Crippen molar-refractivity contribution in [3.8, 4) is 0 Å². The number of carbonyl (C=O) groups excluding carboxylic acids is 2. The highest BCUT2D eigenvalue weighted by molar-refractivity contribution is 8.00. The molecular weight excluding hydrogens is 318 g/mol. The van der Waals surface area contributed by atoms with Crippen LogP contribution in [-0.2, 0) is 19.1 Å². The first kappa shape index (κ1) is 17.3. The lowest BCUT2D eigenvalue weighted by Gasteiger charge is -2.13. The first-order chi connectivity index (χ1) is 9.93. The zero-order chi connectivity index (χ0) is 15.8. The van der Waals surface area contributed by atoms with Crippen molar-refractivity contribution in [3.63, 3.8) is 0 Å². The lowest BCUT2D eigenvalue weighted by atomic mass is 10.2. The van der Waals surface area contributed by atoms with E-state index in [4.69, 9.17) is 16.7 Å². The number of ether oxygens (including phenoxy) is 1. The second-order valence-electron chi connectivity index (χ2n) is 3.96. The maximum atomic E-state index is 11.7. The number of benzene rings is 1.